The molecular formula is C19H21N. The van der Waals surface area contributed by atoms with E-state index in [1.807, 2.05) is 0 Å². The molecule has 0 saturated carbocycles. The zero-order chi connectivity index (χ0) is 14.2. The van der Waals surface area contributed by atoms with Crippen LogP contribution >= 0.6 is 0 Å². The van der Waals surface area contributed by atoms with Crippen LogP contribution in [0, 0.1) is 18.8 Å². The first-order valence-corrected chi connectivity index (χ1v) is 7.09. The Hall–Kier alpha value is -2.04. The molecule has 0 heterocycles. The average Bonchev–Trinajstić information content (AvgIpc) is 2.49. The van der Waals surface area contributed by atoms with E-state index in [2.05, 4.69) is 85.2 Å². The van der Waals surface area contributed by atoms with Crippen LogP contribution in [0.25, 0.3) is 0 Å². The summed E-state index contributed by atoms with van der Waals surface area (Å²) in [6.07, 6.45) is 0. The molecule has 20 heavy (non-hydrogen) atoms. The molecule has 2 aromatic carbocycles. The zero-order valence-electron chi connectivity index (χ0n) is 12.3. The lowest BCUT2D eigenvalue weighted by Gasteiger charge is -2.17. The molecule has 2 rings (SSSR count). The summed E-state index contributed by atoms with van der Waals surface area (Å²) in [5, 5.41) is 0. The summed E-state index contributed by atoms with van der Waals surface area (Å²) in [6.45, 7) is 7.04. The number of benzene rings is 2. The van der Waals surface area contributed by atoms with Crippen molar-refractivity contribution in [1.29, 1.82) is 0 Å². The smallest absolute Gasteiger partial charge is 0.0608 e. The molecule has 0 amide bonds. The van der Waals surface area contributed by atoms with Gasteiger partial charge in [0.2, 0.25) is 0 Å². The fourth-order valence-corrected chi connectivity index (χ4v) is 2.01. The van der Waals surface area contributed by atoms with E-state index in [1.165, 1.54) is 11.1 Å². The third-order valence-corrected chi connectivity index (χ3v) is 3.28. The summed E-state index contributed by atoms with van der Waals surface area (Å²) in [5.74, 6) is 6.50. The summed E-state index contributed by atoms with van der Waals surface area (Å²) >= 11 is 0. The van der Waals surface area contributed by atoms with Gasteiger partial charge in [-0.2, -0.15) is 0 Å². The summed E-state index contributed by atoms with van der Waals surface area (Å²) in [7, 11) is 0. The number of hydrogen-bond acceptors (Lipinski definition) is 1. The molecule has 1 nitrogen and oxygen atoms in total. The largest absolute Gasteiger partial charge is 0.288 e. The van der Waals surface area contributed by atoms with Gasteiger partial charge in [0.25, 0.3) is 0 Å². The standard InChI is InChI=1S/C19H21N/c1-3-20(16-19-8-5-4-6-9-19)15-7-10-18-13-11-17(2)12-14-18/h4-6,8-9,11-14H,3,15-16H2,1-2H3. The Morgan fingerprint density at radius 2 is 1.65 bits per heavy atom. The van der Waals surface area contributed by atoms with Crippen LogP contribution in [0.4, 0.5) is 0 Å². The molecule has 0 unspecified atom stereocenters. The van der Waals surface area contributed by atoms with Crippen LogP contribution < -0.4 is 0 Å². The minimum atomic E-state index is 0.805. The Morgan fingerprint density at radius 1 is 0.950 bits per heavy atom. The highest BCUT2D eigenvalue weighted by molar-refractivity contribution is 5.36. The van der Waals surface area contributed by atoms with Crippen LogP contribution in [0.3, 0.4) is 0 Å². The van der Waals surface area contributed by atoms with E-state index >= 15 is 0 Å². The quantitative estimate of drug-likeness (QED) is 0.757. The first kappa shape index (κ1) is 14.4. The lowest BCUT2D eigenvalue weighted by atomic mass is 10.1. The maximum absolute atomic E-state index is 3.27. The van der Waals surface area contributed by atoms with E-state index in [0.717, 1.165) is 25.2 Å². The summed E-state index contributed by atoms with van der Waals surface area (Å²) in [4.78, 5) is 2.34. The van der Waals surface area contributed by atoms with Gasteiger partial charge < -0.3 is 0 Å². The monoisotopic (exact) mass is 263 g/mol. The minimum absolute atomic E-state index is 0.805. The van der Waals surface area contributed by atoms with Crippen LogP contribution in [-0.4, -0.2) is 18.0 Å². The van der Waals surface area contributed by atoms with Crippen LogP contribution in [-0.2, 0) is 6.54 Å². The second-order valence-corrected chi connectivity index (χ2v) is 4.96. The van der Waals surface area contributed by atoms with E-state index < -0.39 is 0 Å². The molecule has 0 radical (unpaired) electrons. The third-order valence-electron chi connectivity index (χ3n) is 3.28. The van der Waals surface area contributed by atoms with Gasteiger partial charge in [-0.25, -0.2) is 0 Å². The van der Waals surface area contributed by atoms with Crippen molar-refractivity contribution in [1.82, 2.24) is 4.90 Å². The van der Waals surface area contributed by atoms with Crippen LogP contribution in [0.15, 0.2) is 54.6 Å². The highest BCUT2D eigenvalue weighted by atomic mass is 15.1. The fraction of sp³-hybridized carbons (Fsp3) is 0.263. The lowest BCUT2D eigenvalue weighted by Crippen LogP contribution is -2.23. The molecule has 102 valence electrons. The van der Waals surface area contributed by atoms with Crippen LogP contribution in [0.2, 0.25) is 0 Å². The highest BCUT2D eigenvalue weighted by Gasteiger charge is 2.00. The van der Waals surface area contributed by atoms with Crippen LogP contribution in [0.1, 0.15) is 23.6 Å². The summed E-state index contributed by atoms with van der Waals surface area (Å²) in [6, 6.07) is 18.9. The second kappa shape index (κ2) is 7.53. The molecule has 0 aliphatic carbocycles. The van der Waals surface area contributed by atoms with Gasteiger partial charge in [0.1, 0.15) is 0 Å². The number of nitrogens with zero attached hydrogens (tertiary/aromatic N) is 1. The molecule has 0 spiro atoms. The van der Waals surface area contributed by atoms with E-state index in [4.69, 9.17) is 0 Å². The normalized spacial score (nSPS) is 10.2. The van der Waals surface area contributed by atoms with Crippen molar-refractivity contribution in [3.8, 4) is 11.8 Å². The molecular weight excluding hydrogens is 242 g/mol. The molecule has 0 bridgehead atoms. The SMILES string of the molecule is CCN(CC#Cc1ccc(C)cc1)Cc1ccccc1. The Morgan fingerprint density at radius 3 is 2.30 bits per heavy atom. The second-order valence-electron chi connectivity index (χ2n) is 4.96. The van der Waals surface area contributed by atoms with Gasteiger partial charge in [-0.05, 0) is 31.2 Å². The van der Waals surface area contributed by atoms with Gasteiger partial charge in [0, 0.05) is 12.1 Å². The predicted molar refractivity (Wildman–Crippen MR) is 85.5 cm³/mol. The van der Waals surface area contributed by atoms with E-state index in [9.17, 15) is 0 Å². The van der Waals surface area contributed by atoms with Crippen molar-refractivity contribution < 1.29 is 0 Å². The van der Waals surface area contributed by atoms with Gasteiger partial charge in [0.05, 0.1) is 6.54 Å². The Balaban J connectivity index is 1.93. The van der Waals surface area contributed by atoms with Gasteiger partial charge in [0.15, 0.2) is 0 Å². The van der Waals surface area contributed by atoms with Crippen molar-refractivity contribution >= 4 is 0 Å². The Kier molecular flexibility index (Phi) is 5.41. The van der Waals surface area contributed by atoms with Crippen molar-refractivity contribution in [2.24, 2.45) is 0 Å². The molecule has 0 aliphatic rings. The number of hydrogen-bond donors (Lipinski definition) is 0. The average molecular weight is 263 g/mol. The highest BCUT2D eigenvalue weighted by Crippen LogP contribution is 2.04. The molecule has 0 saturated heterocycles. The number of rotatable bonds is 4. The van der Waals surface area contributed by atoms with Crippen molar-refractivity contribution in [2.45, 2.75) is 20.4 Å². The first-order valence-electron chi connectivity index (χ1n) is 7.09. The topological polar surface area (TPSA) is 3.24 Å². The lowest BCUT2D eigenvalue weighted by molar-refractivity contribution is 0.316. The van der Waals surface area contributed by atoms with E-state index in [-0.39, 0.29) is 0 Å². The molecule has 0 fully saturated rings. The third kappa shape index (κ3) is 4.57. The molecule has 0 aliphatic heterocycles. The van der Waals surface area contributed by atoms with Gasteiger partial charge in [-0.1, -0.05) is 66.8 Å². The van der Waals surface area contributed by atoms with Crippen LogP contribution in [0.5, 0.6) is 0 Å². The van der Waals surface area contributed by atoms with Gasteiger partial charge in [-0.15, -0.1) is 0 Å². The van der Waals surface area contributed by atoms with E-state index in [1.54, 1.807) is 0 Å². The minimum Gasteiger partial charge on any atom is -0.288 e. The molecule has 1 heteroatoms. The van der Waals surface area contributed by atoms with Gasteiger partial charge in [-0.3, -0.25) is 4.90 Å². The maximum Gasteiger partial charge on any atom is 0.0608 e. The Labute approximate surface area is 122 Å². The van der Waals surface area contributed by atoms with Gasteiger partial charge >= 0.3 is 0 Å². The van der Waals surface area contributed by atoms with Crippen molar-refractivity contribution in [3.05, 3.63) is 71.3 Å². The summed E-state index contributed by atoms with van der Waals surface area (Å²) < 4.78 is 0. The molecule has 2 aromatic rings. The number of aryl methyl sites for hydroxylation is 1. The van der Waals surface area contributed by atoms with Crippen molar-refractivity contribution in [3.63, 3.8) is 0 Å². The first-order chi connectivity index (χ1) is 9.78. The predicted octanol–water partition coefficient (Wildman–Crippen LogP) is 3.87. The zero-order valence-corrected chi connectivity index (χ0v) is 12.3. The molecule has 0 N–H and O–H groups in total. The summed E-state index contributed by atoms with van der Waals surface area (Å²) in [5.41, 5.74) is 3.70. The molecule has 0 aromatic heterocycles. The molecule has 0 atom stereocenters. The van der Waals surface area contributed by atoms with E-state index in [0.29, 0.717) is 0 Å². The fourth-order valence-electron chi connectivity index (χ4n) is 2.01. The maximum atomic E-state index is 3.27. The Bertz CT molecular complexity index is 573. The van der Waals surface area contributed by atoms with Crippen molar-refractivity contribution in [2.75, 3.05) is 13.1 Å².